The Morgan fingerprint density at radius 3 is 2.64 bits per heavy atom. The second kappa shape index (κ2) is 5.58. The minimum absolute atomic E-state index is 0.0240. The molecule has 2 saturated heterocycles. The maximum Gasteiger partial charge on any atom is 0.167 e. The lowest BCUT2D eigenvalue weighted by atomic mass is 9.84. The summed E-state index contributed by atoms with van der Waals surface area (Å²) >= 11 is 0. The lowest BCUT2D eigenvalue weighted by Gasteiger charge is -2.37. The maximum absolute atomic E-state index is 12.8. The highest BCUT2D eigenvalue weighted by Crippen LogP contribution is 2.38. The second-order valence-electron chi connectivity index (χ2n) is 6.45. The van der Waals surface area contributed by atoms with E-state index in [0.29, 0.717) is 5.56 Å². The molecule has 0 saturated carbocycles. The standard InChI is InChI=1S/C18H19NO2S/c20-18(13-9-15-5-3-6-16(10-13)22(15)21)14-8-12-4-1-2-7-17(12)19-11-14/h1-2,4,7-8,11,13,15-16H,3,5-6,9-10H2. The summed E-state index contributed by atoms with van der Waals surface area (Å²) in [4.78, 5) is 17.2. The maximum atomic E-state index is 12.8. The zero-order valence-electron chi connectivity index (χ0n) is 12.4. The van der Waals surface area contributed by atoms with E-state index in [4.69, 9.17) is 0 Å². The largest absolute Gasteiger partial charge is 0.294 e. The summed E-state index contributed by atoms with van der Waals surface area (Å²) < 4.78 is 12.3. The summed E-state index contributed by atoms with van der Waals surface area (Å²) in [5.74, 6) is 0.211. The molecule has 0 N–H and O–H groups in total. The molecular weight excluding hydrogens is 294 g/mol. The van der Waals surface area contributed by atoms with E-state index in [-0.39, 0.29) is 22.2 Å². The molecule has 0 spiro atoms. The molecule has 2 aromatic rings. The highest BCUT2D eigenvalue weighted by molar-refractivity contribution is 7.86. The van der Waals surface area contributed by atoms with Crippen molar-refractivity contribution in [1.29, 1.82) is 0 Å². The predicted molar refractivity (Wildman–Crippen MR) is 88.4 cm³/mol. The third-order valence-corrected chi connectivity index (χ3v) is 7.22. The van der Waals surface area contributed by atoms with Gasteiger partial charge in [-0.15, -0.1) is 0 Å². The van der Waals surface area contributed by atoms with Gasteiger partial charge in [0.2, 0.25) is 0 Å². The van der Waals surface area contributed by atoms with Crippen LogP contribution in [0.5, 0.6) is 0 Å². The lowest BCUT2D eigenvalue weighted by molar-refractivity contribution is 0.0895. The topological polar surface area (TPSA) is 47.0 Å². The van der Waals surface area contributed by atoms with Gasteiger partial charge in [-0.2, -0.15) is 0 Å². The molecule has 3 heterocycles. The number of rotatable bonds is 2. The number of ketones is 1. The molecule has 0 aliphatic carbocycles. The lowest BCUT2D eigenvalue weighted by Crippen LogP contribution is -2.41. The summed E-state index contributed by atoms with van der Waals surface area (Å²) in [5, 5.41) is 1.47. The van der Waals surface area contributed by atoms with Crippen molar-refractivity contribution in [2.45, 2.75) is 42.6 Å². The van der Waals surface area contributed by atoms with Gasteiger partial charge in [0.1, 0.15) is 0 Å². The number of nitrogens with zero attached hydrogens (tertiary/aromatic N) is 1. The summed E-state index contributed by atoms with van der Waals surface area (Å²) in [6.45, 7) is 0. The predicted octanol–water partition coefficient (Wildman–Crippen LogP) is 3.50. The van der Waals surface area contributed by atoms with Crippen LogP contribution < -0.4 is 0 Å². The number of hydrogen-bond donors (Lipinski definition) is 0. The number of pyridine rings is 1. The van der Waals surface area contributed by atoms with Crippen LogP contribution in [0.15, 0.2) is 36.5 Å². The van der Waals surface area contributed by atoms with Gasteiger partial charge < -0.3 is 0 Å². The van der Waals surface area contributed by atoms with Crippen LogP contribution in [-0.2, 0) is 10.8 Å². The number of carbonyl (C=O) groups is 1. The highest BCUT2D eigenvalue weighted by atomic mass is 32.2. The van der Waals surface area contributed by atoms with E-state index in [1.54, 1.807) is 6.20 Å². The van der Waals surface area contributed by atoms with Crippen molar-refractivity contribution < 1.29 is 9.00 Å². The Morgan fingerprint density at radius 2 is 1.86 bits per heavy atom. The van der Waals surface area contributed by atoms with E-state index in [1.165, 1.54) is 6.42 Å². The number of aromatic nitrogens is 1. The van der Waals surface area contributed by atoms with Crippen LogP contribution in [-0.4, -0.2) is 25.5 Å². The number of para-hydroxylation sites is 1. The zero-order valence-corrected chi connectivity index (χ0v) is 13.2. The minimum atomic E-state index is -0.720. The number of carbonyl (C=O) groups excluding carboxylic acids is 1. The molecule has 2 bridgehead atoms. The van der Waals surface area contributed by atoms with Gasteiger partial charge in [-0.3, -0.25) is 14.0 Å². The normalized spacial score (nSPS) is 31.1. The Balaban J connectivity index is 1.61. The van der Waals surface area contributed by atoms with Gasteiger partial charge in [0, 0.05) is 44.4 Å². The summed E-state index contributed by atoms with van der Waals surface area (Å²) in [7, 11) is -0.720. The van der Waals surface area contributed by atoms with Crippen LogP contribution in [0.2, 0.25) is 0 Å². The third-order valence-electron chi connectivity index (χ3n) is 5.05. The molecule has 4 rings (SSSR count). The van der Waals surface area contributed by atoms with Crippen LogP contribution in [0.3, 0.4) is 0 Å². The van der Waals surface area contributed by atoms with Gasteiger partial charge in [0.25, 0.3) is 0 Å². The van der Waals surface area contributed by atoms with Crippen molar-refractivity contribution in [3.8, 4) is 0 Å². The second-order valence-corrected chi connectivity index (χ2v) is 8.44. The van der Waals surface area contributed by atoms with Crippen molar-refractivity contribution in [3.63, 3.8) is 0 Å². The van der Waals surface area contributed by atoms with Crippen LogP contribution >= 0.6 is 0 Å². The molecule has 3 nitrogen and oxygen atoms in total. The first-order valence-corrected chi connectivity index (χ1v) is 9.28. The highest BCUT2D eigenvalue weighted by Gasteiger charge is 2.40. The Bertz CT molecular complexity index is 742. The summed E-state index contributed by atoms with van der Waals surface area (Å²) in [6.07, 6.45) is 6.47. The number of benzene rings is 1. The Morgan fingerprint density at radius 1 is 1.14 bits per heavy atom. The molecule has 22 heavy (non-hydrogen) atoms. The fraction of sp³-hybridized carbons (Fsp3) is 0.444. The fourth-order valence-electron chi connectivity index (χ4n) is 3.89. The summed E-state index contributed by atoms with van der Waals surface area (Å²) in [6, 6.07) is 9.81. The molecule has 2 fully saturated rings. The SMILES string of the molecule is O=C(c1cnc2ccccc2c1)C1CC2CCCC(C1)S2=O. The van der Waals surface area contributed by atoms with Gasteiger partial charge in [0.15, 0.2) is 5.78 Å². The van der Waals surface area contributed by atoms with Gasteiger partial charge >= 0.3 is 0 Å². The summed E-state index contributed by atoms with van der Waals surface area (Å²) in [5.41, 5.74) is 1.62. The first kappa shape index (κ1) is 14.1. The number of hydrogen-bond acceptors (Lipinski definition) is 3. The van der Waals surface area contributed by atoms with Crippen LogP contribution in [0.4, 0.5) is 0 Å². The molecule has 4 heteroatoms. The first-order chi connectivity index (χ1) is 10.7. The molecule has 2 atom stereocenters. The van der Waals surface area contributed by atoms with E-state index in [9.17, 15) is 9.00 Å². The van der Waals surface area contributed by atoms with E-state index in [2.05, 4.69) is 4.98 Å². The fourth-order valence-corrected chi connectivity index (χ4v) is 6.08. The van der Waals surface area contributed by atoms with Gasteiger partial charge in [-0.05, 0) is 37.8 Å². The average Bonchev–Trinajstić information content (AvgIpc) is 2.53. The number of Topliss-reactive ketones (excluding diaryl/α,β-unsaturated/α-hetero) is 1. The van der Waals surface area contributed by atoms with Crippen molar-refractivity contribution in [3.05, 3.63) is 42.1 Å². The van der Waals surface area contributed by atoms with Crippen molar-refractivity contribution in [1.82, 2.24) is 4.98 Å². The van der Waals surface area contributed by atoms with Crippen molar-refractivity contribution in [2.24, 2.45) is 5.92 Å². The minimum Gasteiger partial charge on any atom is -0.294 e. The van der Waals surface area contributed by atoms with E-state index in [1.807, 2.05) is 30.3 Å². The molecule has 1 aromatic heterocycles. The molecule has 114 valence electrons. The average molecular weight is 313 g/mol. The molecule has 2 aliphatic heterocycles. The first-order valence-electron chi connectivity index (χ1n) is 8.01. The molecule has 2 aliphatic rings. The van der Waals surface area contributed by atoms with Gasteiger partial charge in [-0.25, -0.2) is 0 Å². The van der Waals surface area contributed by atoms with Gasteiger partial charge in [-0.1, -0.05) is 24.6 Å². The molecular formula is C18H19NO2S. The van der Waals surface area contributed by atoms with Crippen LogP contribution in [0.1, 0.15) is 42.5 Å². The molecule has 0 radical (unpaired) electrons. The monoisotopic (exact) mass is 313 g/mol. The van der Waals surface area contributed by atoms with E-state index in [0.717, 1.165) is 36.6 Å². The van der Waals surface area contributed by atoms with Crippen molar-refractivity contribution in [2.75, 3.05) is 0 Å². The molecule has 0 amide bonds. The molecule has 1 aromatic carbocycles. The van der Waals surface area contributed by atoms with Gasteiger partial charge in [0.05, 0.1) is 5.52 Å². The smallest absolute Gasteiger partial charge is 0.167 e. The Labute approximate surface area is 132 Å². The zero-order chi connectivity index (χ0) is 15.1. The number of fused-ring (bicyclic) bond motifs is 3. The van der Waals surface area contributed by atoms with E-state index < -0.39 is 10.8 Å². The quantitative estimate of drug-likeness (QED) is 0.797. The van der Waals surface area contributed by atoms with Crippen molar-refractivity contribution >= 4 is 27.5 Å². The Kier molecular flexibility index (Phi) is 3.57. The van der Waals surface area contributed by atoms with Crippen LogP contribution in [0.25, 0.3) is 10.9 Å². The van der Waals surface area contributed by atoms with Crippen LogP contribution in [0, 0.1) is 5.92 Å². The van der Waals surface area contributed by atoms with E-state index >= 15 is 0 Å². The molecule has 2 unspecified atom stereocenters. The third kappa shape index (κ3) is 2.39. The Hall–Kier alpha value is -1.55.